The molecule has 37 heavy (non-hydrogen) atoms. The van der Waals surface area contributed by atoms with Gasteiger partial charge in [0.15, 0.2) is 28.4 Å². The molecule has 8 aliphatic rings. The fourth-order valence-corrected chi connectivity index (χ4v) is 10.0. The van der Waals surface area contributed by atoms with Crippen LogP contribution in [0.5, 0.6) is 0 Å². The van der Waals surface area contributed by atoms with Gasteiger partial charge in [-0.2, -0.15) is 0 Å². The Labute approximate surface area is 213 Å². The average Bonchev–Trinajstić information content (AvgIpc) is 3.16. The van der Waals surface area contributed by atoms with Gasteiger partial charge in [-0.3, -0.25) is 14.4 Å². The van der Waals surface area contributed by atoms with Gasteiger partial charge in [0.25, 0.3) is 0 Å². The molecule has 5 aliphatic heterocycles. The average molecular weight is 511 g/mol. The van der Waals surface area contributed by atoms with E-state index >= 15 is 0 Å². The van der Waals surface area contributed by atoms with Crippen LogP contribution in [-0.4, -0.2) is 63.9 Å². The number of esters is 2. The summed E-state index contributed by atoms with van der Waals surface area (Å²) in [6, 6.07) is 0. The highest BCUT2D eigenvalue weighted by molar-refractivity contribution is 6.01. The van der Waals surface area contributed by atoms with Crippen molar-refractivity contribution in [3.05, 3.63) is 23.8 Å². The van der Waals surface area contributed by atoms with Gasteiger partial charge in [-0.25, -0.2) is 4.79 Å². The van der Waals surface area contributed by atoms with Crippen molar-refractivity contribution in [1.29, 1.82) is 0 Å². The number of carbonyl (C=O) groups excluding carboxylic acids is 4. The van der Waals surface area contributed by atoms with Crippen LogP contribution in [0.2, 0.25) is 0 Å². The summed E-state index contributed by atoms with van der Waals surface area (Å²) in [5.41, 5.74) is -6.43. The molecule has 6 fully saturated rings. The zero-order chi connectivity index (χ0) is 26.0. The van der Waals surface area contributed by atoms with Crippen molar-refractivity contribution >= 4 is 23.5 Å². The summed E-state index contributed by atoms with van der Waals surface area (Å²) < 4.78 is 25.1. The van der Waals surface area contributed by atoms with Crippen LogP contribution in [0, 0.1) is 34.5 Å². The summed E-state index contributed by atoms with van der Waals surface area (Å²) in [5.74, 6) is -6.36. The zero-order valence-electron chi connectivity index (χ0n) is 21.1. The molecule has 5 saturated heterocycles. The fourth-order valence-electron chi connectivity index (χ4n) is 10.0. The molecular weight excluding hydrogens is 480 g/mol. The van der Waals surface area contributed by atoms with Crippen molar-refractivity contribution in [3.8, 4) is 0 Å². The van der Waals surface area contributed by atoms with Gasteiger partial charge in [-0.05, 0) is 63.4 Å². The van der Waals surface area contributed by atoms with E-state index in [0.29, 0.717) is 25.7 Å². The van der Waals surface area contributed by atoms with Crippen LogP contribution in [-0.2, 0) is 38.1 Å². The van der Waals surface area contributed by atoms with E-state index in [9.17, 15) is 24.3 Å². The van der Waals surface area contributed by atoms with E-state index in [1.807, 2.05) is 26.0 Å². The molecule has 8 rings (SSSR count). The van der Waals surface area contributed by atoms with Crippen LogP contribution < -0.4 is 0 Å². The number of fused-ring (bicyclic) bond motifs is 5. The first-order chi connectivity index (χ1) is 17.4. The largest absolute Gasteiger partial charge is 0.458 e. The Hall–Kier alpha value is -2.36. The lowest BCUT2D eigenvalue weighted by Crippen LogP contribution is -2.79. The molecule has 4 unspecified atom stereocenters. The third-order valence-corrected chi connectivity index (χ3v) is 12.0. The molecule has 0 amide bonds. The van der Waals surface area contributed by atoms with E-state index < -0.39 is 75.1 Å². The molecule has 5 heterocycles. The first-order valence-electron chi connectivity index (χ1n) is 13.4. The molecule has 0 aromatic heterocycles. The number of hydrogen-bond donors (Lipinski definition) is 1. The van der Waals surface area contributed by atoms with E-state index in [2.05, 4.69) is 0 Å². The second kappa shape index (κ2) is 6.10. The molecule has 9 heteroatoms. The van der Waals surface area contributed by atoms with Gasteiger partial charge in [0.05, 0.1) is 23.9 Å². The van der Waals surface area contributed by atoms with Gasteiger partial charge < -0.3 is 24.1 Å². The van der Waals surface area contributed by atoms with Gasteiger partial charge in [-0.1, -0.05) is 24.6 Å². The standard InChI is InChI=1S/C28H30O9/c1-23-11-18-25(3)28-19(23)20(30)27(37-28,34-12-16(23)21(31)35-18)15-8-7-13-5-4-6-17(29)24(13,2)14(15)9-10-26(28,33)22(32)36-25/h4,6-7,14-16,18-19,33H,5,8-12H2,1-3H3/t14-,15+,16+,18-,19-,23?,24+,25+,26?,27?,28?/m1/s1. The molecule has 5 bridgehead atoms. The predicted octanol–water partition coefficient (Wildman–Crippen LogP) is 1.56. The number of hydrogen-bond acceptors (Lipinski definition) is 9. The summed E-state index contributed by atoms with van der Waals surface area (Å²) >= 11 is 0. The Kier molecular flexibility index (Phi) is 3.73. The Morgan fingerprint density at radius 1 is 1.08 bits per heavy atom. The lowest BCUT2D eigenvalue weighted by molar-refractivity contribution is -0.374. The predicted molar refractivity (Wildman–Crippen MR) is 122 cm³/mol. The minimum absolute atomic E-state index is 0.0380. The molecule has 0 aromatic rings. The van der Waals surface area contributed by atoms with E-state index in [4.69, 9.17) is 18.9 Å². The first kappa shape index (κ1) is 22.6. The second-order valence-electron chi connectivity index (χ2n) is 13.0. The molecule has 2 spiro atoms. The van der Waals surface area contributed by atoms with Crippen molar-refractivity contribution < 1.29 is 43.2 Å². The normalized spacial score (nSPS) is 58.5. The highest BCUT2D eigenvalue weighted by Crippen LogP contribution is 2.75. The highest BCUT2D eigenvalue weighted by atomic mass is 16.8. The summed E-state index contributed by atoms with van der Waals surface area (Å²) in [7, 11) is 0. The summed E-state index contributed by atoms with van der Waals surface area (Å²) in [4.78, 5) is 55.2. The number of rotatable bonds is 0. The quantitative estimate of drug-likeness (QED) is 0.382. The topological polar surface area (TPSA) is 125 Å². The summed E-state index contributed by atoms with van der Waals surface area (Å²) in [6.07, 6.45) is 6.24. The van der Waals surface area contributed by atoms with Crippen molar-refractivity contribution in [2.75, 3.05) is 6.61 Å². The number of Topliss-reactive ketones (excluding diaryl/α,β-unsaturated/α-hetero) is 1. The Balaban J connectivity index is 1.43. The maximum absolute atomic E-state index is 14.8. The number of carbonyl (C=O) groups is 4. The van der Waals surface area contributed by atoms with Gasteiger partial charge in [0, 0.05) is 5.92 Å². The Morgan fingerprint density at radius 2 is 1.86 bits per heavy atom. The Morgan fingerprint density at radius 3 is 2.65 bits per heavy atom. The van der Waals surface area contributed by atoms with Crippen molar-refractivity contribution in [3.63, 3.8) is 0 Å². The van der Waals surface area contributed by atoms with E-state index in [1.54, 1.807) is 13.0 Å². The van der Waals surface area contributed by atoms with Crippen LogP contribution in [0.1, 0.15) is 52.9 Å². The maximum Gasteiger partial charge on any atom is 0.342 e. The van der Waals surface area contributed by atoms with Crippen LogP contribution in [0.4, 0.5) is 0 Å². The number of allylic oxidation sites excluding steroid dienone is 4. The number of aliphatic hydroxyl groups is 1. The van der Waals surface area contributed by atoms with Crippen LogP contribution in [0.3, 0.4) is 0 Å². The van der Waals surface area contributed by atoms with Crippen molar-refractivity contribution in [1.82, 2.24) is 0 Å². The summed E-state index contributed by atoms with van der Waals surface area (Å²) in [5, 5.41) is 12.4. The van der Waals surface area contributed by atoms with Crippen molar-refractivity contribution in [2.24, 2.45) is 34.5 Å². The molecule has 1 saturated carbocycles. The monoisotopic (exact) mass is 510 g/mol. The zero-order valence-corrected chi connectivity index (χ0v) is 21.1. The fraction of sp³-hybridized carbons (Fsp3) is 0.714. The molecule has 0 aromatic carbocycles. The van der Waals surface area contributed by atoms with Crippen molar-refractivity contribution in [2.45, 2.75) is 81.6 Å². The SMILES string of the molecule is CC12C[C@H]3OC(=O)[C@@H]1COC14OC5([C@@H]2C1=O)C(O)(CC[C@@H]1[C@@H]4CC=C2CC=CC(=O)[C@@]21C)C(=O)O[C@@]35C. The third-order valence-electron chi connectivity index (χ3n) is 12.0. The molecule has 196 valence electrons. The van der Waals surface area contributed by atoms with Crippen LogP contribution in [0.15, 0.2) is 23.8 Å². The molecule has 0 radical (unpaired) electrons. The molecule has 9 nitrogen and oxygen atoms in total. The Bertz CT molecular complexity index is 1300. The molecule has 1 N–H and O–H groups in total. The van der Waals surface area contributed by atoms with Gasteiger partial charge in [0.1, 0.15) is 6.10 Å². The summed E-state index contributed by atoms with van der Waals surface area (Å²) in [6.45, 7) is 5.29. The minimum atomic E-state index is -2.17. The minimum Gasteiger partial charge on any atom is -0.458 e. The van der Waals surface area contributed by atoms with Crippen LogP contribution >= 0.6 is 0 Å². The van der Waals surface area contributed by atoms with Crippen LogP contribution in [0.25, 0.3) is 0 Å². The van der Waals surface area contributed by atoms with Gasteiger partial charge >= 0.3 is 11.9 Å². The number of ketones is 2. The van der Waals surface area contributed by atoms with E-state index in [0.717, 1.165) is 5.57 Å². The molecular formula is C28H30O9. The molecule has 11 atom stereocenters. The lowest BCUT2D eigenvalue weighted by Gasteiger charge is -2.63. The number of ether oxygens (including phenoxy) is 4. The van der Waals surface area contributed by atoms with E-state index in [1.165, 1.54) is 0 Å². The first-order valence-corrected chi connectivity index (χ1v) is 13.4. The van der Waals surface area contributed by atoms with Gasteiger partial charge in [-0.15, -0.1) is 0 Å². The smallest absolute Gasteiger partial charge is 0.342 e. The van der Waals surface area contributed by atoms with E-state index in [-0.39, 0.29) is 24.6 Å². The highest BCUT2D eigenvalue weighted by Gasteiger charge is 2.93. The third kappa shape index (κ3) is 1.97. The maximum atomic E-state index is 14.8. The second-order valence-corrected chi connectivity index (χ2v) is 13.0. The van der Waals surface area contributed by atoms with Gasteiger partial charge in [0.2, 0.25) is 5.79 Å². The molecule has 3 aliphatic carbocycles. The lowest BCUT2D eigenvalue weighted by atomic mass is 9.46.